The van der Waals surface area contributed by atoms with Crippen molar-refractivity contribution >= 4 is 21.8 Å². The molecule has 0 N–H and O–H groups in total. The molecule has 7 heteroatoms. The van der Waals surface area contributed by atoms with Crippen LogP contribution in [0.15, 0.2) is 22.6 Å². The fourth-order valence-corrected chi connectivity index (χ4v) is 4.32. The van der Waals surface area contributed by atoms with Gasteiger partial charge in [0.15, 0.2) is 0 Å². The van der Waals surface area contributed by atoms with Gasteiger partial charge in [0.1, 0.15) is 5.60 Å². The molecule has 0 radical (unpaired) electrons. The van der Waals surface area contributed by atoms with Crippen molar-refractivity contribution in [3.05, 3.63) is 34.9 Å². The van der Waals surface area contributed by atoms with E-state index in [1.54, 1.807) is 45.9 Å². The van der Waals surface area contributed by atoms with E-state index < -0.39 is 27.4 Å². The third kappa shape index (κ3) is 4.54. The normalized spacial score (nSPS) is 19.8. The first-order chi connectivity index (χ1) is 10.6. The minimum atomic E-state index is -2.74. The molecule has 1 aliphatic rings. The molecule has 1 aliphatic heterocycles. The molecule has 6 nitrogen and oxygen atoms in total. The predicted molar refractivity (Wildman–Crippen MR) is 86.6 cm³/mol. The van der Waals surface area contributed by atoms with E-state index in [4.69, 9.17) is 9.47 Å². The Morgan fingerprint density at radius 2 is 1.87 bits per heavy atom. The van der Waals surface area contributed by atoms with Crippen molar-refractivity contribution in [2.75, 3.05) is 6.61 Å². The van der Waals surface area contributed by atoms with Crippen LogP contribution in [0.5, 0.6) is 0 Å². The second-order valence-corrected chi connectivity index (χ2v) is 8.64. The molecule has 0 saturated heterocycles. The zero-order valence-electron chi connectivity index (χ0n) is 13.8. The molecule has 126 valence electrons. The van der Waals surface area contributed by atoms with Crippen molar-refractivity contribution in [2.24, 2.45) is 4.36 Å². The van der Waals surface area contributed by atoms with Gasteiger partial charge >= 0.3 is 12.1 Å². The zero-order chi connectivity index (χ0) is 17.3. The molecular weight excluding hydrogens is 318 g/mol. The number of benzene rings is 1. The van der Waals surface area contributed by atoms with Gasteiger partial charge in [0, 0.05) is 0 Å². The van der Waals surface area contributed by atoms with Crippen LogP contribution in [0.4, 0.5) is 4.79 Å². The van der Waals surface area contributed by atoms with Gasteiger partial charge in [-0.1, -0.05) is 6.07 Å². The van der Waals surface area contributed by atoms with Crippen LogP contribution in [0.25, 0.3) is 0 Å². The maximum absolute atomic E-state index is 12.8. The van der Waals surface area contributed by atoms with E-state index in [0.29, 0.717) is 12.2 Å². The first-order valence-electron chi connectivity index (χ1n) is 7.36. The second kappa shape index (κ2) is 6.31. The highest BCUT2D eigenvalue weighted by Crippen LogP contribution is 2.28. The molecule has 1 atom stereocenters. The molecule has 0 spiro atoms. The summed E-state index contributed by atoms with van der Waals surface area (Å²) in [6, 6.07) is 5.03. The first-order valence-corrected chi connectivity index (χ1v) is 9.21. The van der Waals surface area contributed by atoms with E-state index in [2.05, 4.69) is 4.36 Å². The molecule has 1 heterocycles. The number of rotatable bonds is 2. The van der Waals surface area contributed by atoms with Crippen LogP contribution in [-0.4, -0.2) is 28.5 Å². The Bertz CT molecular complexity index is 754. The van der Waals surface area contributed by atoms with Crippen molar-refractivity contribution in [3.8, 4) is 0 Å². The van der Waals surface area contributed by atoms with Crippen LogP contribution in [0, 0.1) is 0 Å². The topological polar surface area (TPSA) is 82.0 Å². The summed E-state index contributed by atoms with van der Waals surface area (Å²) in [7, 11) is -2.74. The Balaban J connectivity index is 2.22. The smallest absolute Gasteiger partial charge is 0.442 e. The van der Waals surface area contributed by atoms with Gasteiger partial charge in [0.2, 0.25) is 0 Å². The van der Waals surface area contributed by atoms with Crippen LogP contribution in [0.1, 0.15) is 49.2 Å². The lowest BCUT2D eigenvalue weighted by Gasteiger charge is -2.17. The number of carbonyl (C=O) groups is 2. The number of hydrogen-bond donors (Lipinski definition) is 0. The summed E-state index contributed by atoms with van der Waals surface area (Å²) in [5.41, 5.74) is 1.31. The molecule has 0 bridgehead atoms. The van der Waals surface area contributed by atoms with Gasteiger partial charge in [-0.25, -0.2) is 13.8 Å². The number of amides is 1. The van der Waals surface area contributed by atoms with Crippen LogP contribution >= 0.6 is 0 Å². The van der Waals surface area contributed by atoms with E-state index in [9.17, 15) is 13.8 Å². The van der Waals surface area contributed by atoms with Crippen molar-refractivity contribution in [1.29, 1.82) is 0 Å². The molecule has 0 aromatic heterocycles. The summed E-state index contributed by atoms with van der Waals surface area (Å²) in [6.07, 6.45) is -0.819. The summed E-state index contributed by atoms with van der Waals surface area (Å²) in [5.74, 6) is -0.0998. The summed E-state index contributed by atoms with van der Waals surface area (Å²) in [5, 5.41) is 0. The van der Waals surface area contributed by atoms with Crippen molar-refractivity contribution < 1.29 is 23.3 Å². The second-order valence-electron chi connectivity index (χ2n) is 6.34. The van der Waals surface area contributed by atoms with Crippen molar-refractivity contribution in [2.45, 2.75) is 44.8 Å². The first kappa shape index (κ1) is 17.5. The molecular formula is C16H21NO5S. The highest BCUT2D eigenvalue weighted by Gasteiger charge is 2.27. The Hall–Kier alpha value is -1.89. The summed E-state index contributed by atoms with van der Waals surface area (Å²) in [6.45, 7) is 7.20. The third-order valence-electron chi connectivity index (χ3n) is 3.11. The van der Waals surface area contributed by atoms with Crippen molar-refractivity contribution in [1.82, 2.24) is 0 Å². The summed E-state index contributed by atoms with van der Waals surface area (Å²) in [4.78, 5) is 23.5. The molecule has 1 amide bonds. The maximum atomic E-state index is 12.8. The lowest BCUT2D eigenvalue weighted by Crippen LogP contribution is -2.22. The average molecular weight is 339 g/mol. The predicted octanol–water partition coefficient (Wildman–Crippen LogP) is 3.28. The molecule has 0 saturated carbocycles. The fourth-order valence-electron chi connectivity index (χ4n) is 2.26. The highest BCUT2D eigenvalue weighted by molar-refractivity contribution is 7.92. The van der Waals surface area contributed by atoms with Crippen LogP contribution in [0.2, 0.25) is 0 Å². The van der Waals surface area contributed by atoms with Gasteiger partial charge in [-0.3, -0.25) is 0 Å². The molecule has 1 aromatic carbocycles. The van der Waals surface area contributed by atoms with Crippen LogP contribution < -0.4 is 0 Å². The molecule has 1 unspecified atom stereocenters. The number of fused-ring (bicyclic) bond motifs is 1. The van der Waals surface area contributed by atoms with Gasteiger partial charge in [0.25, 0.3) is 0 Å². The Kier molecular flexibility index (Phi) is 4.79. The zero-order valence-corrected chi connectivity index (χ0v) is 14.6. The number of esters is 1. The maximum Gasteiger partial charge on any atom is 0.442 e. The Morgan fingerprint density at radius 1 is 1.22 bits per heavy atom. The number of carbonyl (C=O) groups excluding carboxylic acids is 2. The highest BCUT2D eigenvalue weighted by atomic mass is 32.2. The van der Waals surface area contributed by atoms with Gasteiger partial charge in [0.05, 0.1) is 33.4 Å². The molecule has 23 heavy (non-hydrogen) atoms. The Labute approximate surface area is 136 Å². The van der Waals surface area contributed by atoms with E-state index >= 15 is 0 Å². The van der Waals surface area contributed by atoms with Crippen LogP contribution in [0.3, 0.4) is 0 Å². The Morgan fingerprint density at radius 3 is 2.48 bits per heavy atom. The number of hydrogen-bond acceptors (Lipinski definition) is 5. The van der Waals surface area contributed by atoms with E-state index in [1.165, 1.54) is 0 Å². The monoisotopic (exact) mass is 339 g/mol. The minimum Gasteiger partial charge on any atom is -0.462 e. The van der Waals surface area contributed by atoms with E-state index in [1.807, 2.05) is 0 Å². The van der Waals surface area contributed by atoms with Gasteiger partial charge < -0.3 is 9.47 Å². The average Bonchev–Trinajstić information content (AvgIpc) is 2.70. The quantitative estimate of drug-likeness (QED) is 0.772. The standard InChI is InChI=1S/C16H21NO5S/c1-5-21-14(18)11-6-7-12-9-23(20,10-13(12)8-11)17-15(19)22-16(2,3)4/h6-8H,5,9-10H2,1-4H3. The van der Waals surface area contributed by atoms with Gasteiger partial charge in [-0.15, -0.1) is 4.36 Å². The van der Waals surface area contributed by atoms with E-state index in [-0.39, 0.29) is 11.5 Å². The fraction of sp³-hybridized carbons (Fsp3) is 0.500. The van der Waals surface area contributed by atoms with Gasteiger partial charge in [-0.2, -0.15) is 0 Å². The summed E-state index contributed by atoms with van der Waals surface area (Å²) >= 11 is 0. The van der Waals surface area contributed by atoms with E-state index in [0.717, 1.165) is 11.1 Å². The third-order valence-corrected chi connectivity index (χ3v) is 5.12. The molecule has 2 rings (SSSR count). The summed E-state index contributed by atoms with van der Waals surface area (Å²) < 4.78 is 26.6. The van der Waals surface area contributed by atoms with Crippen LogP contribution in [-0.2, 0) is 30.7 Å². The lowest BCUT2D eigenvalue weighted by atomic mass is 10.1. The number of ether oxygens (including phenoxy) is 2. The molecule has 0 fully saturated rings. The lowest BCUT2D eigenvalue weighted by molar-refractivity contribution is 0.0525. The van der Waals surface area contributed by atoms with Crippen molar-refractivity contribution in [3.63, 3.8) is 0 Å². The minimum absolute atomic E-state index is 0.134. The molecule has 1 aromatic rings. The molecule has 0 aliphatic carbocycles. The van der Waals surface area contributed by atoms with Gasteiger partial charge in [-0.05, 0) is 51.0 Å². The number of nitrogens with zero attached hydrogens (tertiary/aromatic N) is 1. The largest absolute Gasteiger partial charge is 0.462 e. The SMILES string of the molecule is CCOC(=O)c1ccc2c(c1)CS(=O)(=NC(=O)OC(C)(C)C)C2.